The maximum atomic E-state index is 9.40. The van der Waals surface area contributed by atoms with Gasteiger partial charge in [-0.2, -0.15) is 0 Å². The van der Waals surface area contributed by atoms with E-state index in [9.17, 15) is 5.11 Å². The van der Waals surface area contributed by atoms with Gasteiger partial charge in [-0.1, -0.05) is 46.8 Å². The Hall–Kier alpha value is -0.300. The molecule has 1 atom stereocenters. The van der Waals surface area contributed by atoms with Gasteiger partial charge in [-0.25, -0.2) is 0 Å². The second-order valence-electron chi connectivity index (χ2n) is 4.46. The highest BCUT2D eigenvalue weighted by Gasteiger charge is 2.08. The zero-order valence-corrected chi connectivity index (χ0v) is 8.26. The van der Waals surface area contributed by atoms with Gasteiger partial charge < -0.3 is 5.11 Å². The number of hydrogen-bond donors (Lipinski definition) is 1. The minimum absolute atomic E-state index is 0.176. The van der Waals surface area contributed by atoms with Crippen molar-refractivity contribution in [1.29, 1.82) is 0 Å². The zero-order valence-electron chi connectivity index (χ0n) is 8.26. The number of aliphatic hydroxyl groups excluding tert-OH is 1. The van der Waals surface area contributed by atoms with Crippen molar-refractivity contribution in [3.63, 3.8) is 0 Å². The van der Waals surface area contributed by atoms with Crippen LogP contribution in [0.15, 0.2) is 12.2 Å². The van der Waals surface area contributed by atoms with E-state index in [2.05, 4.69) is 26.8 Å². The molecule has 0 fully saturated rings. The number of rotatable bonds is 2. The van der Waals surface area contributed by atoms with E-state index in [0.717, 1.165) is 0 Å². The van der Waals surface area contributed by atoms with Gasteiger partial charge in [-0.15, -0.1) is 0 Å². The molecule has 0 rings (SSSR count). The summed E-state index contributed by atoms with van der Waals surface area (Å²) in [4.78, 5) is 0. The minimum atomic E-state index is -0.297. The lowest BCUT2D eigenvalue weighted by Crippen LogP contribution is -2.12. The fourth-order valence-electron chi connectivity index (χ4n) is 0.609. The maximum absolute atomic E-state index is 9.40. The Kier molecular flexibility index (Phi) is 3.81. The summed E-state index contributed by atoms with van der Waals surface area (Å²) >= 11 is 0. The van der Waals surface area contributed by atoms with Crippen LogP contribution >= 0.6 is 0 Å². The Labute approximate surface area is 70.1 Å². The first kappa shape index (κ1) is 10.7. The van der Waals surface area contributed by atoms with Crippen molar-refractivity contribution in [1.82, 2.24) is 0 Å². The minimum Gasteiger partial charge on any atom is -0.389 e. The van der Waals surface area contributed by atoms with Crippen molar-refractivity contribution >= 4 is 0 Å². The summed E-state index contributed by atoms with van der Waals surface area (Å²) in [7, 11) is 0. The Morgan fingerprint density at radius 1 is 1.18 bits per heavy atom. The molecule has 0 aromatic rings. The first-order chi connectivity index (χ1) is 4.83. The Morgan fingerprint density at radius 3 is 1.91 bits per heavy atom. The molecule has 0 aromatic carbocycles. The molecule has 0 heterocycles. The number of hydrogen-bond acceptors (Lipinski definition) is 1. The molecule has 0 saturated carbocycles. The fraction of sp³-hybridized carbons (Fsp3) is 0.800. The Bertz CT molecular complexity index is 128. The highest BCUT2D eigenvalue weighted by atomic mass is 16.3. The summed E-state index contributed by atoms with van der Waals surface area (Å²) in [5.41, 5.74) is 0.176. The predicted molar refractivity (Wildman–Crippen MR) is 49.4 cm³/mol. The molecule has 66 valence electrons. The lowest BCUT2D eigenvalue weighted by atomic mass is 9.94. The van der Waals surface area contributed by atoms with Gasteiger partial charge in [0.1, 0.15) is 0 Å². The monoisotopic (exact) mass is 156 g/mol. The molecule has 0 aliphatic heterocycles. The van der Waals surface area contributed by atoms with Crippen LogP contribution in [0.3, 0.4) is 0 Å². The van der Waals surface area contributed by atoms with Gasteiger partial charge in [0, 0.05) is 0 Å². The number of allylic oxidation sites excluding steroid dienone is 1. The van der Waals surface area contributed by atoms with E-state index in [4.69, 9.17) is 0 Å². The second-order valence-corrected chi connectivity index (χ2v) is 4.46. The van der Waals surface area contributed by atoms with E-state index in [0.29, 0.717) is 5.92 Å². The quantitative estimate of drug-likeness (QED) is 0.609. The largest absolute Gasteiger partial charge is 0.389 e. The van der Waals surface area contributed by atoms with Gasteiger partial charge in [0.05, 0.1) is 6.10 Å². The third-order valence-corrected chi connectivity index (χ3v) is 1.48. The molecule has 11 heavy (non-hydrogen) atoms. The van der Waals surface area contributed by atoms with Crippen molar-refractivity contribution < 1.29 is 5.11 Å². The van der Waals surface area contributed by atoms with Crippen LogP contribution in [-0.2, 0) is 0 Å². The normalized spacial score (nSPS) is 16.3. The molecule has 1 N–H and O–H groups in total. The highest BCUT2D eigenvalue weighted by molar-refractivity contribution is 4.96. The fourth-order valence-corrected chi connectivity index (χ4v) is 0.609. The summed E-state index contributed by atoms with van der Waals surface area (Å²) in [6, 6.07) is 0. The molecular formula is C10H20O. The molecule has 1 heteroatoms. The van der Waals surface area contributed by atoms with Gasteiger partial charge in [-0.3, -0.25) is 0 Å². The maximum Gasteiger partial charge on any atom is 0.0743 e. The molecule has 0 aliphatic rings. The summed E-state index contributed by atoms with van der Waals surface area (Å²) < 4.78 is 0. The van der Waals surface area contributed by atoms with E-state index in [-0.39, 0.29) is 11.5 Å². The third-order valence-electron chi connectivity index (χ3n) is 1.48. The lowest BCUT2D eigenvalue weighted by Gasteiger charge is -2.14. The molecule has 0 bridgehead atoms. The SMILES string of the molecule is CC(C)C(O)/C=C/C(C)(C)C. The standard InChI is InChI=1S/C10H20O/c1-8(2)9(11)6-7-10(3,4)5/h6-9,11H,1-5H3/b7-6+. The summed E-state index contributed by atoms with van der Waals surface area (Å²) in [6.07, 6.45) is 3.64. The van der Waals surface area contributed by atoms with Crippen LogP contribution in [0.4, 0.5) is 0 Å². The Balaban J connectivity index is 3.93. The van der Waals surface area contributed by atoms with E-state index in [1.54, 1.807) is 0 Å². The van der Waals surface area contributed by atoms with Crippen LogP contribution in [0.1, 0.15) is 34.6 Å². The second kappa shape index (κ2) is 3.91. The van der Waals surface area contributed by atoms with E-state index < -0.39 is 0 Å². The highest BCUT2D eigenvalue weighted by Crippen LogP contribution is 2.16. The van der Waals surface area contributed by atoms with E-state index in [1.165, 1.54) is 0 Å². The Morgan fingerprint density at radius 2 is 1.64 bits per heavy atom. The van der Waals surface area contributed by atoms with Gasteiger partial charge in [0.15, 0.2) is 0 Å². The third kappa shape index (κ3) is 6.11. The van der Waals surface area contributed by atoms with E-state index >= 15 is 0 Å². The zero-order chi connectivity index (χ0) is 9.07. The van der Waals surface area contributed by atoms with Gasteiger partial charge in [-0.05, 0) is 11.3 Å². The first-order valence-corrected chi connectivity index (χ1v) is 4.20. The molecule has 1 nitrogen and oxygen atoms in total. The average Bonchev–Trinajstić information content (AvgIpc) is 1.80. The van der Waals surface area contributed by atoms with Crippen LogP contribution < -0.4 is 0 Å². The lowest BCUT2D eigenvalue weighted by molar-refractivity contribution is 0.171. The van der Waals surface area contributed by atoms with Crippen LogP contribution in [0.5, 0.6) is 0 Å². The molecule has 0 amide bonds. The van der Waals surface area contributed by atoms with Crippen molar-refractivity contribution in [2.24, 2.45) is 11.3 Å². The first-order valence-electron chi connectivity index (χ1n) is 4.20. The van der Waals surface area contributed by atoms with Crippen molar-refractivity contribution in [3.8, 4) is 0 Å². The predicted octanol–water partition coefficient (Wildman–Crippen LogP) is 2.61. The summed E-state index contributed by atoms with van der Waals surface area (Å²) in [5, 5.41) is 9.40. The summed E-state index contributed by atoms with van der Waals surface area (Å²) in [6.45, 7) is 10.4. The van der Waals surface area contributed by atoms with Crippen LogP contribution in [-0.4, -0.2) is 11.2 Å². The van der Waals surface area contributed by atoms with Crippen molar-refractivity contribution in [3.05, 3.63) is 12.2 Å². The number of aliphatic hydroxyl groups is 1. The smallest absolute Gasteiger partial charge is 0.0743 e. The van der Waals surface area contributed by atoms with Crippen molar-refractivity contribution in [2.45, 2.75) is 40.7 Å². The van der Waals surface area contributed by atoms with Crippen LogP contribution in [0, 0.1) is 11.3 Å². The molecule has 0 radical (unpaired) electrons. The van der Waals surface area contributed by atoms with Gasteiger partial charge in [0.2, 0.25) is 0 Å². The molecule has 0 spiro atoms. The average molecular weight is 156 g/mol. The molecule has 0 aromatic heterocycles. The van der Waals surface area contributed by atoms with Crippen molar-refractivity contribution in [2.75, 3.05) is 0 Å². The molecule has 1 unspecified atom stereocenters. The van der Waals surface area contributed by atoms with Gasteiger partial charge >= 0.3 is 0 Å². The molecule has 0 saturated heterocycles. The van der Waals surface area contributed by atoms with Crippen LogP contribution in [0.25, 0.3) is 0 Å². The van der Waals surface area contributed by atoms with Gasteiger partial charge in [0.25, 0.3) is 0 Å². The molecule has 0 aliphatic carbocycles. The summed E-state index contributed by atoms with van der Waals surface area (Å²) in [5.74, 6) is 0.314. The topological polar surface area (TPSA) is 20.2 Å². The van der Waals surface area contributed by atoms with E-state index in [1.807, 2.05) is 19.9 Å². The van der Waals surface area contributed by atoms with Crippen LogP contribution in [0.2, 0.25) is 0 Å². The molecular weight excluding hydrogens is 136 g/mol.